The van der Waals surface area contributed by atoms with Gasteiger partial charge in [0.25, 0.3) is 11.5 Å². The van der Waals surface area contributed by atoms with E-state index >= 15 is 0 Å². The summed E-state index contributed by atoms with van der Waals surface area (Å²) in [4.78, 5) is 27.0. The van der Waals surface area contributed by atoms with Gasteiger partial charge in [-0.05, 0) is 17.5 Å². The Kier molecular flexibility index (Phi) is 3.65. The van der Waals surface area contributed by atoms with E-state index in [2.05, 4.69) is 16.4 Å². The van der Waals surface area contributed by atoms with Crippen LogP contribution in [0.15, 0.2) is 35.1 Å². The third kappa shape index (κ3) is 2.59. The molecule has 6 nitrogen and oxygen atoms in total. The van der Waals surface area contributed by atoms with Gasteiger partial charge in [0.1, 0.15) is 11.2 Å². The van der Waals surface area contributed by atoms with Gasteiger partial charge in [0.15, 0.2) is 0 Å². The summed E-state index contributed by atoms with van der Waals surface area (Å²) in [5.74, 6) is -0.452. The number of amides is 1. The van der Waals surface area contributed by atoms with Crippen LogP contribution in [-0.4, -0.2) is 29.6 Å². The molecule has 0 saturated carbocycles. The number of aromatic amines is 1. The van der Waals surface area contributed by atoms with Gasteiger partial charge in [-0.2, -0.15) is 5.26 Å². The molecule has 1 aromatic carbocycles. The lowest BCUT2D eigenvalue weighted by molar-refractivity contribution is 0.0529. The molecule has 0 atom stereocenters. The molecular weight excluding hydrogens is 282 g/mol. The van der Waals surface area contributed by atoms with Crippen LogP contribution < -0.4 is 10.9 Å². The SMILES string of the molecule is N#CC1(NC(=O)c2cc3ccccc3c(=O)[nH]2)CCOCC1. The first kappa shape index (κ1) is 14.3. The molecule has 0 bridgehead atoms. The Morgan fingerprint density at radius 3 is 2.77 bits per heavy atom. The van der Waals surface area contributed by atoms with Crippen molar-refractivity contribution in [3.05, 3.63) is 46.4 Å². The standard InChI is InChI=1S/C16H15N3O3/c17-10-16(5-7-22-8-6-16)19-15(21)13-9-11-3-1-2-4-12(11)14(20)18-13/h1-4,9H,5-8H2,(H,18,20)(H,19,21). The van der Waals surface area contributed by atoms with Gasteiger partial charge in [0.2, 0.25) is 0 Å². The number of hydrogen-bond acceptors (Lipinski definition) is 4. The van der Waals surface area contributed by atoms with E-state index in [1.165, 1.54) is 0 Å². The molecule has 1 saturated heterocycles. The smallest absolute Gasteiger partial charge is 0.269 e. The van der Waals surface area contributed by atoms with Gasteiger partial charge in [-0.25, -0.2) is 0 Å². The number of carbonyl (C=O) groups is 1. The van der Waals surface area contributed by atoms with Gasteiger partial charge < -0.3 is 15.0 Å². The first-order chi connectivity index (χ1) is 10.6. The molecule has 2 heterocycles. The number of benzene rings is 1. The molecular formula is C16H15N3O3. The number of carbonyl (C=O) groups excluding carboxylic acids is 1. The minimum atomic E-state index is -0.933. The summed E-state index contributed by atoms with van der Waals surface area (Å²) in [6.45, 7) is 0.865. The molecule has 1 fully saturated rings. The molecule has 0 radical (unpaired) electrons. The van der Waals surface area contributed by atoms with Crippen molar-refractivity contribution in [3.63, 3.8) is 0 Å². The average molecular weight is 297 g/mol. The fourth-order valence-corrected chi connectivity index (χ4v) is 2.60. The highest BCUT2D eigenvalue weighted by Crippen LogP contribution is 2.20. The van der Waals surface area contributed by atoms with Crippen LogP contribution in [0.5, 0.6) is 0 Å². The first-order valence-electron chi connectivity index (χ1n) is 7.07. The third-order valence-electron chi connectivity index (χ3n) is 3.91. The van der Waals surface area contributed by atoms with E-state index in [0.29, 0.717) is 36.8 Å². The van der Waals surface area contributed by atoms with Gasteiger partial charge in [-0.1, -0.05) is 18.2 Å². The number of pyridine rings is 1. The van der Waals surface area contributed by atoms with Crippen LogP contribution in [-0.2, 0) is 4.74 Å². The quantitative estimate of drug-likeness (QED) is 0.874. The molecule has 112 valence electrons. The second-order valence-electron chi connectivity index (χ2n) is 5.36. The van der Waals surface area contributed by atoms with Crippen molar-refractivity contribution in [2.75, 3.05) is 13.2 Å². The fourth-order valence-electron chi connectivity index (χ4n) is 2.60. The number of nitriles is 1. The number of aromatic nitrogens is 1. The predicted molar refractivity (Wildman–Crippen MR) is 80.4 cm³/mol. The molecule has 3 rings (SSSR count). The van der Waals surface area contributed by atoms with Crippen LogP contribution >= 0.6 is 0 Å². The molecule has 2 aromatic rings. The van der Waals surface area contributed by atoms with E-state index in [1.54, 1.807) is 30.3 Å². The number of H-pyrrole nitrogens is 1. The Morgan fingerprint density at radius 2 is 2.05 bits per heavy atom. The fraction of sp³-hybridized carbons (Fsp3) is 0.312. The van der Waals surface area contributed by atoms with E-state index in [4.69, 9.17) is 4.74 Å². The highest BCUT2D eigenvalue weighted by molar-refractivity contribution is 5.96. The van der Waals surface area contributed by atoms with E-state index in [1.807, 2.05) is 0 Å². The van der Waals surface area contributed by atoms with Gasteiger partial charge in [-0.15, -0.1) is 0 Å². The number of ether oxygens (including phenoxy) is 1. The molecule has 0 unspecified atom stereocenters. The summed E-state index contributed by atoms with van der Waals surface area (Å²) in [5.41, 5.74) is -1.09. The van der Waals surface area contributed by atoms with Crippen molar-refractivity contribution >= 4 is 16.7 Å². The number of fused-ring (bicyclic) bond motifs is 1. The monoisotopic (exact) mass is 297 g/mol. The van der Waals surface area contributed by atoms with Crippen molar-refractivity contribution in [3.8, 4) is 6.07 Å². The Labute approximate surface area is 126 Å². The lowest BCUT2D eigenvalue weighted by Crippen LogP contribution is -2.51. The first-order valence-corrected chi connectivity index (χ1v) is 7.07. The van der Waals surface area contributed by atoms with Crippen molar-refractivity contribution in [1.82, 2.24) is 10.3 Å². The third-order valence-corrected chi connectivity index (χ3v) is 3.91. The van der Waals surface area contributed by atoms with Crippen LogP contribution in [0.1, 0.15) is 23.3 Å². The summed E-state index contributed by atoms with van der Waals surface area (Å²) in [5, 5.41) is 13.3. The maximum Gasteiger partial charge on any atom is 0.269 e. The Morgan fingerprint density at radius 1 is 1.32 bits per heavy atom. The van der Waals surface area contributed by atoms with E-state index in [0.717, 1.165) is 0 Å². The minimum absolute atomic E-state index is 0.157. The summed E-state index contributed by atoms with van der Waals surface area (Å²) >= 11 is 0. The second-order valence-corrected chi connectivity index (χ2v) is 5.36. The van der Waals surface area contributed by atoms with Gasteiger partial charge in [0.05, 0.1) is 6.07 Å². The zero-order valence-electron chi connectivity index (χ0n) is 11.9. The maximum absolute atomic E-state index is 12.4. The molecule has 6 heteroatoms. The number of nitrogens with one attached hydrogen (secondary N) is 2. The second kappa shape index (κ2) is 5.62. The Balaban J connectivity index is 1.92. The average Bonchev–Trinajstić information content (AvgIpc) is 2.55. The predicted octanol–water partition coefficient (Wildman–Crippen LogP) is 1.33. The van der Waals surface area contributed by atoms with Crippen molar-refractivity contribution in [2.45, 2.75) is 18.4 Å². The van der Waals surface area contributed by atoms with Crippen LogP contribution in [0.3, 0.4) is 0 Å². The largest absolute Gasteiger partial charge is 0.381 e. The summed E-state index contributed by atoms with van der Waals surface area (Å²) in [6.07, 6.45) is 0.875. The molecule has 1 aliphatic heterocycles. The van der Waals surface area contributed by atoms with Gasteiger partial charge in [0, 0.05) is 31.4 Å². The minimum Gasteiger partial charge on any atom is -0.381 e. The highest BCUT2D eigenvalue weighted by Gasteiger charge is 2.34. The zero-order chi connectivity index (χ0) is 15.6. The van der Waals surface area contributed by atoms with Crippen molar-refractivity contribution < 1.29 is 9.53 Å². The van der Waals surface area contributed by atoms with Gasteiger partial charge in [-0.3, -0.25) is 9.59 Å². The summed E-state index contributed by atoms with van der Waals surface area (Å²) < 4.78 is 5.23. The summed E-state index contributed by atoms with van der Waals surface area (Å²) in [6, 6.07) is 10.8. The Bertz CT molecular complexity index is 813. The van der Waals surface area contributed by atoms with Crippen LogP contribution in [0.25, 0.3) is 10.8 Å². The van der Waals surface area contributed by atoms with Crippen LogP contribution in [0, 0.1) is 11.3 Å². The molecule has 0 aliphatic carbocycles. The molecule has 1 aromatic heterocycles. The molecule has 1 amide bonds. The normalized spacial score (nSPS) is 16.9. The molecule has 0 spiro atoms. The maximum atomic E-state index is 12.4. The molecule has 2 N–H and O–H groups in total. The molecule has 22 heavy (non-hydrogen) atoms. The number of nitrogens with zero attached hydrogens (tertiary/aromatic N) is 1. The van der Waals surface area contributed by atoms with E-state index in [9.17, 15) is 14.9 Å². The van der Waals surface area contributed by atoms with E-state index in [-0.39, 0.29) is 11.3 Å². The van der Waals surface area contributed by atoms with Gasteiger partial charge >= 0.3 is 0 Å². The topological polar surface area (TPSA) is 95.0 Å². The highest BCUT2D eigenvalue weighted by atomic mass is 16.5. The zero-order valence-corrected chi connectivity index (χ0v) is 11.9. The number of hydrogen-bond donors (Lipinski definition) is 2. The molecule has 1 aliphatic rings. The van der Waals surface area contributed by atoms with Crippen molar-refractivity contribution in [1.29, 1.82) is 5.26 Å². The lowest BCUT2D eigenvalue weighted by atomic mass is 9.91. The Hall–Kier alpha value is -2.65. The van der Waals surface area contributed by atoms with E-state index < -0.39 is 11.4 Å². The summed E-state index contributed by atoms with van der Waals surface area (Å²) in [7, 11) is 0. The van der Waals surface area contributed by atoms with Crippen LogP contribution in [0.4, 0.5) is 0 Å². The lowest BCUT2D eigenvalue weighted by Gasteiger charge is -2.31. The van der Waals surface area contributed by atoms with Crippen molar-refractivity contribution in [2.24, 2.45) is 0 Å². The van der Waals surface area contributed by atoms with Crippen LogP contribution in [0.2, 0.25) is 0 Å². The number of rotatable bonds is 2.